The van der Waals surface area contributed by atoms with Crippen molar-refractivity contribution in [2.24, 2.45) is 11.8 Å². The molecule has 3 N–H and O–H groups in total. The molecular formula is C61H118O17P2. The number of phosphoric acid groups is 2. The summed E-state index contributed by atoms with van der Waals surface area (Å²) in [4.78, 5) is 71.7. The molecule has 0 aliphatic carbocycles. The lowest BCUT2D eigenvalue weighted by Crippen LogP contribution is -2.30. The molecule has 0 heterocycles. The van der Waals surface area contributed by atoms with Crippen LogP contribution in [0.4, 0.5) is 0 Å². The number of aliphatic hydroxyl groups excluding tert-OH is 1. The fourth-order valence-corrected chi connectivity index (χ4v) is 10.5. The highest BCUT2D eigenvalue weighted by atomic mass is 31.2. The summed E-state index contributed by atoms with van der Waals surface area (Å²) in [6.45, 7) is 9.32. The first kappa shape index (κ1) is 78.1. The zero-order chi connectivity index (χ0) is 59.4. The number of carbonyl (C=O) groups is 4. The third kappa shape index (κ3) is 54.0. The molecule has 0 aromatic heterocycles. The van der Waals surface area contributed by atoms with E-state index in [1.54, 1.807) is 0 Å². The Bertz CT molecular complexity index is 1580. The maximum atomic E-state index is 12.9. The third-order valence-corrected chi connectivity index (χ3v) is 16.2. The van der Waals surface area contributed by atoms with E-state index >= 15 is 0 Å². The van der Waals surface area contributed by atoms with Crippen LogP contribution in [0.2, 0.25) is 0 Å². The van der Waals surface area contributed by atoms with Crippen LogP contribution in [-0.2, 0) is 65.4 Å². The summed E-state index contributed by atoms with van der Waals surface area (Å²) in [6.07, 6.45) is 35.4. The van der Waals surface area contributed by atoms with Crippen LogP contribution < -0.4 is 0 Å². The summed E-state index contributed by atoms with van der Waals surface area (Å²) in [5.41, 5.74) is 0. The molecule has 0 amide bonds. The van der Waals surface area contributed by atoms with E-state index < -0.39 is 97.5 Å². The normalized spacial score (nSPS) is 14.7. The summed E-state index contributed by atoms with van der Waals surface area (Å²) >= 11 is 0. The van der Waals surface area contributed by atoms with Gasteiger partial charge in [-0.3, -0.25) is 37.3 Å². The first-order valence-electron chi connectivity index (χ1n) is 32.0. The van der Waals surface area contributed by atoms with Crippen LogP contribution in [0.25, 0.3) is 0 Å². The highest BCUT2D eigenvalue weighted by molar-refractivity contribution is 7.47. The van der Waals surface area contributed by atoms with Gasteiger partial charge in [-0.15, -0.1) is 0 Å². The highest BCUT2D eigenvalue weighted by Gasteiger charge is 2.30. The Kier molecular flexibility index (Phi) is 52.5. The number of esters is 4. The van der Waals surface area contributed by atoms with Gasteiger partial charge in [-0.2, -0.15) is 0 Å². The smallest absolute Gasteiger partial charge is 0.462 e. The minimum atomic E-state index is -4.94. The molecule has 3 unspecified atom stereocenters. The van der Waals surface area contributed by atoms with Crippen molar-refractivity contribution in [3.05, 3.63) is 0 Å². The Morgan fingerprint density at radius 1 is 0.362 bits per heavy atom. The van der Waals surface area contributed by atoms with E-state index in [2.05, 4.69) is 41.5 Å². The zero-order valence-electron chi connectivity index (χ0n) is 51.4. The molecule has 0 spiro atoms. The summed E-state index contributed by atoms with van der Waals surface area (Å²) in [7, 11) is -9.87. The van der Waals surface area contributed by atoms with E-state index in [4.69, 9.17) is 37.0 Å². The first-order valence-corrected chi connectivity index (χ1v) is 35.0. The molecule has 0 aromatic carbocycles. The number of unbranched alkanes of at least 4 members (excludes halogenated alkanes) is 29. The highest BCUT2D eigenvalue weighted by Crippen LogP contribution is 2.45. The molecule has 0 bridgehead atoms. The Morgan fingerprint density at radius 2 is 0.637 bits per heavy atom. The van der Waals surface area contributed by atoms with Crippen molar-refractivity contribution < 1.29 is 80.2 Å². The maximum absolute atomic E-state index is 12.9. The molecule has 17 nitrogen and oxygen atoms in total. The van der Waals surface area contributed by atoms with Crippen molar-refractivity contribution in [3.63, 3.8) is 0 Å². The van der Waals surface area contributed by atoms with Crippen LogP contribution in [0.3, 0.4) is 0 Å². The molecule has 0 aliphatic heterocycles. The fourth-order valence-electron chi connectivity index (χ4n) is 8.97. The summed E-state index contributed by atoms with van der Waals surface area (Å²) < 4.78 is 67.5. The second-order valence-corrected chi connectivity index (χ2v) is 25.7. The van der Waals surface area contributed by atoms with Gasteiger partial charge in [-0.05, 0) is 37.5 Å². The SMILES string of the molecule is CCCCCCCCCC(=O)O[C@H](COC(=O)CCCCCCC)COP(=O)(O)OC[C@H](O)COP(=O)(O)OC[C@@H](COC(=O)CCCCCCCCC(C)CC)OC(=O)CCCCCCCCCCCCCCCCCC(C)C. The predicted molar refractivity (Wildman–Crippen MR) is 317 cm³/mol. The Hall–Kier alpha value is -1.94. The van der Waals surface area contributed by atoms with Gasteiger partial charge in [0.05, 0.1) is 26.4 Å². The number of aliphatic hydroxyl groups is 1. The van der Waals surface area contributed by atoms with Gasteiger partial charge in [0.15, 0.2) is 12.2 Å². The van der Waals surface area contributed by atoms with Gasteiger partial charge in [0.2, 0.25) is 0 Å². The topological polar surface area (TPSA) is 237 Å². The molecular weight excluding hydrogens is 1070 g/mol. The van der Waals surface area contributed by atoms with Crippen LogP contribution in [0.5, 0.6) is 0 Å². The van der Waals surface area contributed by atoms with Gasteiger partial charge in [-0.25, -0.2) is 9.13 Å². The fraction of sp³-hybridized carbons (Fsp3) is 0.934. The van der Waals surface area contributed by atoms with Gasteiger partial charge < -0.3 is 33.8 Å². The molecule has 0 rings (SSSR count). The molecule has 6 atom stereocenters. The van der Waals surface area contributed by atoms with Gasteiger partial charge >= 0.3 is 39.5 Å². The number of hydrogen-bond acceptors (Lipinski definition) is 15. The predicted octanol–water partition coefficient (Wildman–Crippen LogP) is 16.5. The van der Waals surface area contributed by atoms with Gasteiger partial charge in [0.1, 0.15) is 19.3 Å². The molecule has 19 heteroatoms. The summed E-state index contributed by atoms with van der Waals surface area (Å²) in [5.74, 6) is -0.621. The van der Waals surface area contributed by atoms with Crippen LogP contribution in [-0.4, -0.2) is 96.7 Å². The lowest BCUT2D eigenvalue weighted by Gasteiger charge is -2.21. The number of carbonyl (C=O) groups excluding carboxylic acids is 4. The Morgan fingerprint density at radius 3 is 0.950 bits per heavy atom. The average molecular weight is 1190 g/mol. The van der Waals surface area contributed by atoms with Gasteiger partial charge in [-0.1, -0.05) is 247 Å². The standard InChI is InChI=1S/C61H118O17P2/c1-7-10-12-14-24-33-39-45-60(65)77-56(49-71-58(63)43-37-29-13-11-8-2)51-75-79(67,68)73-47-55(62)48-74-80(69,70)76-52-57(50-72-59(64)44-38-32-28-27-31-36-42-54(6)9-3)78-61(66)46-40-34-26-23-21-19-17-15-16-18-20-22-25-30-35-41-53(4)5/h53-57,62H,7-52H2,1-6H3,(H,67,68)(H,69,70)/t54?,55-,56+,57+/m0/s1. The van der Waals surface area contributed by atoms with Crippen molar-refractivity contribution in [1.82, 2.24) is 0 Å². The summed E-state index contributed by atoms with van der Waals surface area (Å²) in [5, 5.41) is 10.5. The Balaban J connectivity index is 5.11. The minimum absolute atomic E-state index is 0.102. The second-order valence-electron chi connectivity index (χ2n) is 22.8. The lowest BCUT2D eigenvalue weighted by molar-refractivity contribution is -0.161. The van der Waals surface area contributed by atoms with E-state index in [0.29, 0.717) is 25.7 Å². The van der Waals surface area contributed by atoms with E-state index in [-0.39, 0.29) is 25.7 Å². The number of hydrogen-bond donors (Lipinski definition) is 3. The molecule has 0 fully saturated rings. The number of rotatable bonds is 60. The monoisotopic (exact) mass is 1180 g/mol. The van der Waals surface area contributed by atoms with Crippen molar-refractivity contribution in [2.45, 2.75) is 317 Å². The average Bonchev–Trinajstić information content (AvgIpc) is 3.42. The minimum Gasteiger partial charge on any atom is -0.462 e. The van der Waals surface area contributed by atoms with Gasteiger partial charge in [0, 0.05) is 25.7 Å². The van der Waals surface area contributed by atoms with Crippen LogP contribution in [0.1, 0.15) is 298 Å². The molecule has 0 aromatic rings. The van der Waals surface area contributed by atoms with E-state index in [1.807, 2.05) is 0 Å². The van der Waals surface area contributed by atoms with E-state index in [1.165, 1.54) is 89.9 Å². The van der Waals surface area contributed by atoms with Crippen molar-refractivity contribution in [1.29, 1.82) is 0 Å². The van der Waals surface area contributed by atoms with Crippen LogP contribution in [0.15, 0.2) is 0 Å². The maximum Gasteiger partial charge on any atom is 0.472 e. The number of ether oxygens (including phenoxy) is 4. The first-order chi connectivity index (χ1) is 38.4. The lowest BCUT2D eigenvalue weighted by atomic mass is 10.00. The van der Waals surface area contributed by atoms with Crippen LogP contribution >= 0.6 is 15.6 Å². The van der Waals surface area contributed by atoms with Gasteiger partial charge in [0.25, 0.3) is 0 Å². The largest absolute Gasteiger partial charge is 0.472 e. The van der Waals surface area contributed by atoms with Crippen molar-refractivity contribution in [3.8, 4) is 0 Å². The second kappa shape index (κ2) is 53.8. The molecule has 0 saturated carbocycles. The van der Waals surface area contributed by atoms with E-state index in [9.17, 15) is 43.2 Å². The van der Waals surface area contributed by atoms with Crippen molar-refractivity contribution in [2.75, 3.05) is 39.6 Å². The quantitative estimate of drug-likeness (QED) is 0.0222. The molecule has 474 valence electrons. The molecule has 80 heavy (non-hydrogen) atoms. The molecule has 0 aliphatic rings. The van der Waals surface area contributed by atoms with Crippen molar-refractivity contribution >= 4 is 39.5 Å². The molecule has 0 saturated heterocycles. The Labute approximate surface area is 486 Å². The van der Waals surface area contributed by atoms with E-state index in [0.717, 1.165) is 127 Å². The van der Waals surface area contributed by atoms with Crippen LogP contribution in [0, 0.1) is 11.8 Å². The molecule has 0 radical (unpaired) electrons. The summed E-state index contributed by atoms with van der Waals surface area (Å²) in [6, 6.07) is 0. The third-order valence-electron chi connectivity index (χ3n) is 14.3. The number of phosphoric ester groups is 2. The zero-order valence-corrected chi connectivity index (χ0v) is 53.2.